The van der Waals surface area contributed by atoms with Crippen molar-refractivity contribution in [3.05, 3.63) is 35.4 Å². The van der Waals surface area contributed by atoms with E-state index in [9.17, 15) is 14.7 Å². The van der Waals surface area contributed by atoms with Gasteiger partial charge in [0, 0.05) is 25.7 Å². The van der Waals surface area contributed by atoms with Crippen LogP contribution in [0.5, 0.6) is 0 Å². The number of ether oxygens (including phenoxy) is 2. The van der Waals surface area contributed by atoms with Crippen LogP contribution < -0.4 is 5.32 Å². The first-order valence-corrected chi connectivity index (χ1v) is 12.5. The third-order valence-electron chi connectivity index (χ3n) is 6.35. The number of benzene rings is 1. The van der Waals surface area contributed by atoms with Crippen molar-refractivity contribution in [3.63, 3.8) is 0 Å². The number of esters is 1. The number of carbonyl (C=O) groups excluding carboxylic acids is 2. The normalized spacial score (nSPS) is 24.6. The van der Waals surface area contributed by atoms with E-state index in [0.717, 1.165) is 24.8 Å². The summed E-state index contributed by atoms with van der Waals surface area (Å²) in [5.41, 5.74) is 1.13. The van der Waals surface area contributed by atoms with Gasteiger partial charge in [-0.1, -0.05) is 24.3 Å². The van der Waals surface area contributed by atoms with Crippen molar-refractivity contribution in [1.82, 2.24) is 10.2 Å². The molecule has 2 aliphatic heterocycles. The van der Waals surface area contributed by atoms with Gasteiger partial charge in [0.05, 0.1) is 12.0 Å². The minimum atomic E-state index is -0.576. The first-order valence-electron chi connectivity index (χ1n) is 12.5. The first kappa shape index (κ1) is 26.5. The summed E-state index contributed by atoms with van der Waals surface area (Å²) < 4.78 is 11.4. The lowest BCUT2D eigenvalue weighted by atomic mass is 9.85. The van der Waals surface area contributed by atoms with E-state index in [1.165, 1.54) is 5.56 Å². The number of hydrogen-bond acceptors (Lipinski definition) is 6. The highest BCUT2D eigenvalue weighted by Gasteiger charge is 2.39. The summed E-state index contributed by atoms with van der Waals surface area (Å²) in [6, 6.07) is 8.55. The van der Waals surface area contributed by atoms with E-state index in [-0.39, 0.29) is 36.0 Å². The zero-order valence-corrected chi connectivity index (χ0v) is 21.6. The molecule has 0 aliphatic carbocycles. The van der Waals surface area contributed by atoms with Crippen molar-refractivity contribution in [1.29, 1.82) is 0 Å². The van der Waals surface area contributed by atoms with Crippen LogP contribution in [0.25, 0.3) is 0 Å². The van der Waals surface area contributed by atoms with Crippen LogP contribution in [0.3, 0.4) is 0 Å². The lowest BCUT2D eigenvalue weighted by molar-refractivity contribution is -0.161. The first-order chi connectivity index (χ1) is 15.8. The zero-order chi connectivity index (χ0) is 25.1. The van der Waals surface area contributed by atoms with E-state index in [1.807, 2.05) is 47.6 Å². The molecule has 7 heteroatoms. The summed E-state index contributed by atoms with van der Waals surface area (Å²) in [6.07, 6.45) is 2.35. The number of piperidine rings is 1. The fourth-order valence-corrected chi connectivity index (χ4v) is 4.74. The topological polar surface area (TPSA) is 88.1 Å². The molecule has 3 rings (SSSR count). The van der Waals surface area contributed by atoms with Gasteiger partial charge in [0.15, 0.2) is 0 Å². The van der Waals surface area contributed by atoms with Gasteiger partial charge < -0.3 is 24.8 Å². The van der Waals surface area contributed by atoms with Crippen LogP contribution in [-0.2, 0) is 20.7 Å². The molecule has 0 radical (unpaired) electrons. The highest BCUT2D eigenvalue weighted by Crippen LogP contribution is 2.32. The maximum Gasteiger partial charge on any atom is 0.410 e. The number of hydrogen-bond donors (Lipinski definition) is 2. The summed E-state index contributed by atoms with van der Waals surface area (Å²) in [5, 5.41) is 13.2. The van der Waals surface area contributed by atoms with E-state index in [4.69, 9.17) is 9.47 Å². The summed E-state index contributed by atoms with van der Waals surface area (Å²) in [5.74, 6) is -0.551. The van der Waals surface area contributed by atoms with E-state index in [1.54, 1.807) is 4.90 Å². The van der Waals surface area contributed by atoms with E-state index in [0.29, 0.717) is 26.1 Å². The smallest absolute Gasteiger partial charge is 0.410 e. The van der Waals surface area contributed by atoms with Crippen LogP contribution in [0.1, 0.15) is 78.0 Å². The molecule has 2 saturated heterocycles. The Labute approximate surface area is 204 Å². The summed E-state index contributed by atoms with van der Waals surface area (Å²) in [6.45, 7) is 12.9. The van der Waals surface area contributed by atoms with Crippen LogP contribution in [0.2, 0.25) is 0 Å². The van der Waals surface area contributed by atoms with Gasteiger partial charge in [0.2, 0.25) is 0 Å². The van der Waals surface area contributed by atoms with Gasteiger partial charge in [-0.05, 0) is 84.3 Å². The number of β-amino-alcohol motifs (C(OH)–C–C–N with tert-alkyl or cyclic N) is 1. The van der Waals surface area contributed by atoms with E-state index >= 15 is 0 Å². The summed E-state index contributed by atoms with van der Waals surface area (Å²) >= 11 is 0. The molecule has 0 bridgehead atoms. The molecule has 2 aliphatic rings. The number of nitrogens with one attached hydrogen (secondary N) is 1. The summed E-state index contributed by atoms with van der Waals surface area (Å²) in [7, 11) is 0. The standard InChI is InChI=1S/C27H42N2O5/c1-26(2,3)33-24(31)22(20-12-13-29(17-20)25(32)34-27(4,5)6)15-18-8-7-9-19(14-18)23-11-10-21(30)16-28-23/h7-9,14,20-23,28,30H,10-13,15-17H2,1-6H3/t20-,21?,22-,23?/m0/s1. The maximum absolute atomic E-state index is 13.3. The minimum Gasteiger partial charge on any atom is -0.460 e. The average molecular weight is 475 g/mol. The molecule has 4 atom stereocenters. The van der Waals surface area contributed by atoms with E-state index in [2.05, 4.69) is 23.5 Å². The third kappa shape index (κ3) is 7.70. The van der Waals surface area contributed by atoms with Gasteiger partial charge in [0.1, 0.15) is 11.2 Å². The number of likely N-dealkylation sites (tertiary alicyclic amines) is 1. The lowest BCUT2D eigenvalue weighted by Gasteiger charge is -2.29. The fourth-order valence-electron chi connectivity index (χ4n) is 4.74. The molecule has 0 aromatic heterocycles. The molecule has 1 amide bonds. The Bertz CT molecular complexity index is 849. The maximum atomic E-state index is 13.3. The Morgan fingerprint density at radius 1 is 1.09 bits per heavy atom. The van der Waals surface area contributed by atoms with Crippen molar-refractivity contribution in [2.75, 3.05) is 19.6 Å². The largest absolute Gasteiger partial charge is 0.460 e. The van der Waals surface area contributed by atoms with E-state index < -0.39 is 11.2 Å². The predicted molar refractivity (Wildman–Crippen MR) is 131 cm³/mol. The molecule has 1 aromatic rings. The Balaban J connectivity index is 1.75. The number of nitrogens with zero attached hydrogens (tertiary/aromatic N) is 1. The molecule has 0 saturated carbocycles. The second-order valence-electron chi connectivity index (χ2n) is 11.8. The molecular weight excluding hydrogens is 432 g/mol. The van der Waals surface area contributed by atoms with Crippen LogP contribution >= 0.6 is 0 Å². The number of aliphatic hydroxyl groups is 1. The number of rotatable bonds is 5. The third-order valence-corrected chi connectivity index (χ3v) is 6.35. The van der Waals surface area contributed by atoms with Gasteiger partial charge in [0.25, 0.3) is 0 Å². The molecule has 0 spiro atoms. The second-order valence-corrected chi connectivity index (χ2v) is 11.8. The SMILES string of the molecule is CC(C)(C)OC(=O)[C@@H](Cc1cccc(C2CCC(O)CN2)c1)[C@H]1CCN(C(=O)OC(C)(C)C)C1. The van der Waals surface area contributed by atoms with Crippen LogP contribution in [0.15, 0.2) is 24.3 Å². The van der Waals surface area contributed by atoms with Gasteiger partial charge in [-0.2, -0.15) is 0 Å². The van der Waals surface area contributed by atoms with Gasteiger partial charge >= 0.3 is 12.1 Å². The molecule has 190 valence electrons. The minimum absolute atomic E-state index is 0.00831. The lowest BCUT2D eigenvalue weighted by Crippen LogP contribution is -2.38. The van der Waals surface area contributed by atoms with Crippen LogP contribution in [0.4, 0.5) is 4.79 Å². The van der Waals surface area contributed by atoms with Crippen molar-refractivity contribution in [3.8, 4) is 0 Å². The van der Waals surface area contributed by atoms with Gasteiger partial charge in [-0.25, -0.2) is 4.79 Å². The molecule has 7 nitrogen and oxygen atoms in total. The zero-order valence-electron chi connectivity index (χ0n) is 21.6. The van der Waals surface area contributed by atoms with Crippen molar-refractivity contribution in [2.24, 2.45) is 11.8 Å². The predicted octanol–water partition coefficient (Wildman–Crippen LogP) is 4.23. The molecular formula is C27H42N2O5. The van der Waals surface area contributed by atoms with Crippen molar-refractivity contribution in [2.45, 2.75) is 90.6 Å². The molecule has 34 heavy (non-hydrogen) atoms. The Kier molecular flexibility index (Phi) is 8.30. The number of amides is 1. The Morgan fingerprint density at radius 2 is 1.79 bits per heavy atom. The number of aliphatic hydroxyl groups excluding tert-OH is 1. The Morgan fingerprint density at radius 3 is 2.41 bits per heavy atom. The molecule has 2 fully saturated rings. The van der Waals surface area contributed by atoms with Crippen LogP contribution in [0, 0.1) is 11.8 Å². The molecule has 2 N–H and O–H groups in total. The molecule has 2 unspecified atom stereocenters. The Hall–Kier alpha value is -2.12. The monoisotopic (exact) mass is 474 g/mol. The number of carbonyl (C=O) groups is 2. The van der Waals surface area contributed by atoms with Crippen LogP contribution in [-0.4, -0.2) is 59.0 Å². The molecule has 2 heterocycles. The van der Waals surface area contributed by atoms with Gasteiger partial charge in [-0.3, -0.25) is 4.79 Å². The van der Waals surface area contributed by atoms with Gasteiger partial charge in [-0.15, -0.1) is 0 Å². The fraction of sp³-hybridized carbons (Fsp3) is 0.704. The highest BCUT2D eigenvalue weighted by atomic mass is 16.6. The second kappa shape index (κ2) is 10.6. The summed E-state index contributed by atoms with van der Waals surface area (Å²) in [4.78, 5) is 27.6. The van der Waals surface area contributed by atoms with Crippen molar-refractivity contribution < 1.29 is 24.2 Å². The molecule has 1 aromatic carbocycles. The highest BCUT2D eigenvalue weighted by molar-refractivity contribution is 5.74. The van der Waals surface area contributed by atoms with Crippen molar-refractivity contribution >= 4 is 12.1 Å². The average Bonchev–Trinajstić information content (AvgIpc) is 3.20. The quantitative estimate of drug-likeness (QED) is 0.621.